The Hall–Kier alpha value is -2.89. The number of carbonyl (C=O) groups excluding carboxylic acids is 2. The Bertz CT molecular complexity index is 952. The molecule has 1 aromatic carbocycles. The van der Waals surface area contributed by atoms with Crippen molar-refractivity contribution in [3.63, 3.8) is 0 Å². The van der Waals surface area contributed by atoms with Crippen molar-refractivity contribution in [2.75, 3.05) is 18.4 Å². The number of nitrogens with one attached hydrogen (secondary N) is 2. The summed E-state index contributed by atoms with van der Waals surface area (Å²) in [6.45, 7) is 5.31. The van der Waals surface area contributed by atoms with Crippen LogP contribution in [0.25, 0.3) is 11.6 Å². The highest BCUT2D eigenvalue weighted by atomic mass is 19.1. The maximum Gasteiger partial charge on any atom is 0.256 e. The van der Waals surface area contributed by atoms with E-state index in [9.17, 15) is 14.0 Å². The van der Waals surface area contributed by atoms with E-state index in [-0.39, 0.29) is 11.8 Å². The van der Waals surface area contributed by atoms with Gasteiger partial charge in [0.2, 0.25) is 0 Å². The fraction of sp³-hybridized carbons (Fsp3) is 0.300. The highest BCUT2D eigenvalue weighted by Crippen LogP contribution is 2.34. The van der Waals surface area contributed by atoms with E-state index in [0.29, 0.717) is 28.1 Å². The third-order valence-corrected chi connectivity index (χ3v) is 5.14. The number of halogens is 1. The molecule has 1 saturated heterocycles. The first-order chi connectivity index (χ1) is 12.5. The number of aryl methyl sites for hydroxylation is 1. The van der Waals surface area contributed by atoms with Gasteiger partial charge in [-0.15, -0.1) is 0 Å². The highest BCUT2D eigenvalue weighted by molar-refractivity contribution is 6.34. The smallest absolute Gasteiger partial charge is 0.256 e. The van der Waals surface area contributed by atoms with Gasteiger partial charge in [-0.2, -0.15) is 0 Å². The van der Waals surface area contributed by atoms with Crippen LogP contribution in [0.3, 0.4) is 0 Å². The van der Waals surface area contributed by atoms with Crippen molar-refractivity contribution in [2.45, 2.75) is 26.7 Å². The average Bonchev–Trinajstić information content (AvgIpc) is 3.29. The van der Waals surface area contributed by atoms with E-state index in [2.05, 4.69) is 10.3 Å². The first-order valence-electron chi connectivity index (χ1n) is 8.77. The van der Waals surface area contributed by atoms with Gasteiger partial charge in [0.05, 0.1) is 11.1 Å². The van der Waals surface area contributed by atoms with Crippen molar-refractivity contribution in [3.8, 4) is 0 Å². The molecule has 0 bridgehead atoms. The summed E-state index contributed by atoms with van der Waals surface area (Å²) in [4.78, 5) is 30.2. The van der Waals surface area contributed by atoms with Crippen LogP contribution in [0.2, 0.25) is 0 Å². The van der Waals surface area contributed by atoms with E-state index in [1.165, 1.54) is 12.1 Å². The summed E-state index contributed by atoms with van der Waals surface area (Å²) in [5, 5.41) is 2.74. The van der Waals surface area contributed by atoms with Gasteiger partial charge in [0.1, 0.15) is 5.82 Å². The zero-order valence-corrected chi connectivity index (χ0v) is 14.8. The highest BCUT2D eigenvalue weighted by Gasteiger charge is 2.27. The lowest BCUT2D eigenvalue weighted by Crippen LogP contribution is -2.28. The second-order valence-corrected chi connectivity index (χ2v) is 6.87. The molecule has 0 unspecified atom stereocenters. The SMILES string of the molecule is Cc1[nH]c(C=C2C(=O)Nc3ccc(F)cc32)c(C)c1C(=O)N1CCCC1. The van der Waals surface area contributed by atoms with Crippen LogP contribution in [0.15, 0.2) is 18.2 Å². The predicted octanol–water partition coefficient (Wildman–Crippen LogP) is 3.50. The van der Waals surface area contributed by atoms with Crippen LogP contribution in [-0.4, -0.2) is 34.8 Å². The lowest BCUT2D eigenvalue weighted by atomic mass is 10.0. The van der Waals surface area contributed by atoms with Crippen LogP contribution < -0.4 is 5.32 Å². The molecule has 2 aliphatic heterocycles. The molecule has 0 spiro atoms. The molecule has 26 heavy (non-hydrogen) atoms. The molecule has 2 aromatic rings. The van der Waals surface area contributed by atoms with Crippen LogP contribution in [0.5, 0.6) is 0 Å². The summed E-state index contributed by atoms with van der Waals surface area (Å²) in [5.74, 6) is -0.638. The number of H-pyrrole nitrogens is 1. The van der Waals surface area contributed by atoms with E-state index in [4.69, 9.17) is 0 Å². The molecule has 5 nitrogen and oxygen atoms in total. The van der Waals surface area contributed by atoms with Gasteiger partial charge in [-0.25, -0.2) is 4.39 Å². The number of fused-ring (bicyclic) bond motifs is 1. The molecule has 2 N–H and O–H groups in total. The van der Waals surface area contributed by atoms with Crippen LogP contribution in [-0.2, 0) is 4.79 Å². The van der Waals surface area contributed by atoms with Crippen LogP contribution in [0, 0.1) is 19.7 Å². The Balaban J connectivity index is 1.75. The molecule has 1 fully saturated rings. The molecule has 0 saturated carbocycles. The lowest BCUT2D eigenvalue weighted by molar-refractivity contribution is -0.110. The summed E-state index contributed by atoms with van der Waals surface area (Å²) in [6, 6.07) is 4.22. The Labute approximate surface area is 150 Å². The Morgan fingerprint density at radius 1 is 1.23 bits per heavy atom. The quantitative estimate of drug-likeness (QED) is 0.812. The third-order valence-electron chi connectivity index (χ3n) is 5.14. The van der Waals surface area contributed by atoms with Crippen molar-refractivity contribution >= 4 is 29.2 Å². The van der Waals surface area contributed by atoms with Gasteiger partial charge in [0.25, 0.3) is 11.8 Å². The Kier molecular flexibility index (Phi) is 3.90. The number of aromatic amines is 1. The van der Waals surface area contributed by atoms with Gasteiger partial charge < -0.3 is 15.2 Å². The summed E-state index contributed by atoms with van der Waals surface area (Å²) in [6.07, 6.45) is 3.77. The molecular formula is C20H20FN3O2. The van der Waals surface area contributed by atoms with Gasteiger partial charge in [-0.05, 0) is 56.5 Å². The van der Waals surface area contributed by atoms with Crippen molar-refractivity contribution in [1.82, 2.24) is 9.88 Å². The summed E-state index contributed by atoms with van der Waals surface area (Å²) < 4.78 is 13.6. The molecule has 134 valence electrons. The zero-order chi connectivity index (χ0) is 18.4. The summed E-state index contributed by atoms with van der Waals surface area (Å²) in [5.41, 5.74) is 4.48. The minimum atomic E-state index is -0.393. The number of anilines is 1. The number of amides is 2. The monoisotopic (exact) mass is 353 g/mol. The van der Waals surface area contributed by atoms with Crippen molar-refractivity contribution in [2.24, 2.45) is 0 Å². The predicted molar refractivity (Wildman–Crippen MR) is 98.3 cm³/mol. The molecule has 0 atom stereocenters. The number of carbonyl (C=O) groups is 2. The number of benzene rings is 1. The van der Waals surface area contributed by atoms with E-state index >= 15 is 0 Å². The molecule has 1 aromatic heterocycles. The molecule has 3 heterocycles. The second kappa shape index (κ2) is 6.12. The topological polar surface area (TPSA) is 65.2 Å². The van der Waals surface area contributed by atoms with Gasteiger partial charge in [-0.1, -0.05) is 0 Å². The van der Waals surface area contributed by atoms with Crippen LogP contribution in [0.1, 0.15) is 45.7 Å². The number of nitrogens with zero attached hydrogens (tertiary/aromatic N) is 1. The van der Waals surface area contributed by atoms with E-state index in [1.54, 1.807) is 12.1 Å². The van der Waals surface area contributed by atoms with E-state index in [1.807, 2.05) is 18.7 Å². The average molecular weight is 353 g/mol. The maximum atomic E-state index is 13.6. The number of hydrogen-bond acceptors (Lipinski definition) is 2. The molecule has 0 radical (unpaired) electrons. The molecule has 2 aliphatic rings. The van der Waals surface area contributed by atoms with Gasteiger partial charge >= 0.3 is 0 Å². The maximum absolute atomic E-state index is 13.6. The number of likely N-dealkylation sites (tertiary alicyclic amines) is 1. The number of hydrogen-bond donors (Lipinski definition) is 2. The Morgan fingerprint density at radius 3 is 2.69 bits per heavy atom. The van der Waals surface area contributed by atoms with Gasteiger partial charge in [0.15, 0.2) is 0 Å². The largest absolute Gasteiger partial charge is 0.358 e. The van der Waals surface area contributed by atoms with Crippen molar-refractivity contribution in [1.29, 1.82) is 0 Å². The van der Waals surface area contributed by atoms with Crippen LogP contribution >= 0.6 is 0 Å². The van der Waals surface area contributed by atoms with Crippen molar-refractivity contribution < 1.29 is 14.0 Å². The fourth-order valence-corrected chi connectivity index (χ4v) is 3.77. The molecular weight excluding hydrogens is 333 g/mol. The lowest BCUT2D eigenvalue weighted by Gasteiger charge is -2.15. The minimum absolute atomic E-state index is 0.0284. The number of aromatic nitrogens is 1. The minimum Gasteiger partial charge on any atom is -0.358 e. The Morgan fingerprint density at radius 2 is 1.96 bits per heavy atom. The normalized spacial score (nSPS) is 17.7. The molecule has 4 rings (SSSR count). The second-order valence-electron chi connectivity index (χ2n) is 6.87. The number of rotatable bonds is 2. The van der Waals surface area contributed by atoms with Gasteiger partial charge in [-0.3, -0.25) is 9.59 Å². The van der Waals surface area contributed by atoms with E-state index in [0.717, 1.165) is 37.2 Å². The summed E-state index contributed by atoms with van der Waals surface area (Å²) >= 11 is 0. The van der Waals surface area contributed by atoms with Gasteiger partial charge in [0, 0.05) is 35.7 Å². The summed E-state index contributed by atoms with van der Waals surface area (Å²) in [7, 11) is 0. The standard InChI is InChI=1S/C20H20FN3O2/c1-11-17(22-12(2)18(11)20(26)24-7-3-4-8-24)10-15-14-9-13(21)5-6-16(14)23-19(15)25/h5-6,9-10,22H,3-4,7-8H2,1-2H3,(H,23,25). The fourth-order valence-electron chi connectivity index (χ4n) is 3.77. The molecule has 0 aliphatic carbocycles. The first-order valence-corrected chi connectivity index (χ1v) is 8.77. The van der Waals surface area contributed by atoms with Crippen molar-refractivity contribution in [3.05, 3.63) is 52.1 Å². The van der Waals surface area contributed by atoms with E-state index < -0.39 is 5.82 Å². The zero-order valence-electron chi connectivity index (χ0n) is 14.8. The third kappa shape index (κ3) is 2.62. The molecule has 6 heteroatoms. The first kappa shape index (κ1) is 16.6. The van der Waals surface area contributed by atoms with Crippen LogP contribution in [0.4, 0.5) is 10.1 Å². The molecule has 2 amide bonds.